The first kappa shape index (κ1) is 20.8. The molecule has 3 heterocycles. The van der Waals surface area contributed by atoms with E-state index in [0.717, 1.165) is 19.4 Å². The second-order valence-corrected chi connectivity index (χ2v) is 8.24. The lowest BCUT2D eigenvalue weighted by atomic mass is 10.2. The number of amides is 1. The van der Waals surface area contributed by atoms with Crippen molar-refractivity contribution in [2.24, 2.45) is 7.05 Å². The Balaban J connectivity index is 1.47. The maximum Gasteiger partial charge on any atom is 0.234 e. The first-order chi connectivity index (χ1) is 14.5. The lowest BCUT2D eigenvalue weighted by Crippen LogP contribution is -2.18. The van der Waals surface area contributed by atoms with E-state index in [-0.39, 0.29) is 22.8 Å². The molecule has 30 heavy (non-hydrogen) atoms. The van der Waals surface area contributed by atoms with Gasteiger partial charge < -0.3 is 10.1 Å². The summed E-state index contributed by atoms with van der Waals surface area (Å²) in [5.41, 5.74) is 1.14. The van der Waals surface area contributed by atoms with E-state index in [2.05, 4.69) is 20.6 Å². The van der Waals surface area contributed by atoms with Gasteiger partial charge in [-0.2, -0.15) is 5.10 Å². The molecule has 1 fully saturated rings. The van der Waals surface area contributed by atoms with E-state index in [0.29, 0.717) is 28.9 Å². The highest BCUT2D eigenvalue weighted by atomic mass is 35.5. The maximum absolute atomic E-state index is 13.3. The van der Waals surface area contributed by atoms with E-state index in [1.54, 1.807) is 4.68 Å². The summed E-state index contributed by atoms with van der Waals surface area (Å²) >= 11 is 7.03. The van der Waals surface area contributed by atoms with Crippen molar-refractivity contribution in [1.29, 1.82) is 0 Å². The van der Waals surface area contributed by atoms with E-state index in [1.165, 1.54) is 30.0 Å². The molecule has 1 N–H and O–H groups in total. The number of ether oxygens (including phenoxy) is 1. The van der Waals surface area contributed by atoms with Gasteiger partial charge in [0.2, 0.25) is 5.91 Å². The molecule has 3 aromatic rings. The van der Waals surface area contributed by atoms with E-state index >= 15 is 0 Å². The van der Waals surface area contributed by atoms with Crippen molar-refractivity contribution in [2.75, 3.05) is 17.7 Å². The molecular formula is C19H20ClFN6O2S. The average Bonchev–Trinajstić information content (AvgIpc) is 3.45. The lowest BCUT2D eigenvalue weighted by molar-refractivity contribution is -0.113. The molecule has 1 aromatic carbocycles. The minimum Gasteiger partial charge on any atom is -0.376 e. The van der Waals surface area contributed by atoms with E-state index in [9.17, 15) is 9.18 Å². The monoisotopic (exact) mass is 450 g/mol. The molecule has 0 aliphatic carbocycles. The fourth-order valence-electron chi connectivity index (χ4n) is 3.18. The van der Waals surface area contributed by atoms with Gasteiger partial charge >= 0.3 is 0 Å². The molecular weight excluding hydrogens is 431 g/mol. The van der Waals surface area contributed by atoms with Gasteiger partial charge in [0.25, 0.3) is 0 Å². The van der Waals surface area contributed by atoms with Crippen LogP contribution in [-0.2, 0) is 23.1 Å². The Morgan fingerprint density at radius 1 is 1.40 bits per heavy atom. The van der Waals surface area contributed by atoms with Crippen LogP contribution in [0.2, 0.25) is 5.02 Å². The third-order valence-electron chi connectivity index (χ3n) is 4.61. The number of rotatable bonds is 7. The smallest absolute Gasteiger partial charge is 0.234 e. The summed E-state index contributed by atoms with van der Waals surface area (Å²) in [6.45, 7) is 1.34. The Hall–Kier alpha value is -2.43. The number of carbonyl (C=O) groups excluding carboxylic acids is 1. The van der Waals surface area contributed by atoms with Crippen LogP contribution in [0.5, 0.6) is 0 Å². The van der Waals surface area contributed by atoms with Crippen molar-refractivity contribution in [2.45, 2.75) is 30.6 Å². The molecule has 1 amide bonds. The molecule has 1 aliphatic rings. The molecule has 158 valence electrons. The lowest BCUT2D eigenvalue weighted by Gasteiger charge is -2.14. The molecule has 1 atom stereocenters. The Kier molecular flexibility index (Phi) is 6.35. The predicted molar refractivity (Wildman–Crippen MR) is 112 cm³/mol. The van der Waals surface area contributed by atoms with Crippen LogP contribution in [0.3, 0.4) is 0 Å². The number of aryl methyl sites for hydroxylation is 1. The van der Waals surface area contributed by atoms with Gasteiger partial charge in [-0.05, 0) is 37.1 Å². The molecule has 8 nitrogen and oxygen atoms in total. The number of carbonyl (C=O) groups is 1. The maximum atomic E-state index is 13.3. The zero-order valence-corrected chi connectivity index (χ0v) is 17.8. The van der Waals surface area contributed by atoms with Crippen LogP contribution >= 0.6 is 23.4 Å². The summed E-state index contributed by atoms with van der Waals surface area (Å²) in [7, 11) is 1.84. The van der Waals surface area contributed by atoms with E-state index in [1.807, 2.05) is 23.9 Å². The van der Waals surface area contributed by atoms with Crippen molar-refractivity contribution in [3.05, 3.63) is 41.3 Å². The number of halogens is 2. The van der Waals surface area contributed by atoms with Gasteiger partial charge in [-0.1, -0.05) is 23.4 Å². The van der Waals surface area contributed by atoms with Gasteiger partial charge in [0.15, 0.2) is 11.0 Å². The number of hydrogen-bond acceptors (Lipinski definition) is 6. The van der Waals surface area contributed by atoms with E-state index in [4.69, 9.17) is 16.3 Å². The summed E-state index contributed by atoms with van der Waals surface area (Å²) in [5, 5.41) is 16.3. The highest BCUT2D eigenvalue weighted by molar-refractivity contribution is 7.99. The first-order valence-electron chi connectivity index (χ1n) is 9.42. The predicted octanol–water partition coefficient (Wildman–Crippen LogP) is 3.38. The summed E-state index contributed by atoms with van der Waals surface area (Å²) < 4.78 is 22.7. The molecule has 0 radical (unpaired) electrons. The number of aromatic nitrogens is 5. The molecule has 2 aromatic heterocycles. The quantitative estimate of drug-likeness (QED) is 0.555. The van der Waals surface area contributed by atoms with Crippen molar-refractivity contribution >= 4 is 35.0 Å². The number of nitrogens with one attached hydrogen (secondary N) is 1. The minimum absolute atomic E-state index is 0.0447. The molecule has 0 spiro atoms. The Labute approximate surface area is 181 Å². The largest absolute Gasteiger partial charge is 0.376 e. The summed E-state index contributed by atoms with van der Waals surface area (Å²) in [6.07, 6.45) is 3.92. The molecule has 11 heteroatoms. The third kappa shape index (κ3) is 4.82. The van der Waals surface area contributed by atoms with Crippen LogP contribution in [0.1, 0.15) is 12.8 Å². The summed E-state index contributed by atoms with van der Waals surface area (Å²) in [6, 6.07) is 5.92. The van der Waals surface area contributed by atoms with Gasteiger partial charge in [0.1, 0.15) is 11.5 Å². The fraction of sp³-hybridized carbons (Fsp3) is 0.368. The van der Waals surface area contributed by atoms with Gasteiger partial charge in [0, 0.05) is 25.5 Å². The van der Waals surface area contributed by atoms with Gasteiger partial charge in [0.05, 0.1) is 23.4 Å². The van der Waals surface area contributed by atoms with Crippen molar-refractivity contribution in [3.8, 4) is 11.5 Å². The third-order valence-corrected chi connectivity index (χ3v) is 5.86. The molecule has 1 saturated heterocycles. The number of benzene rings is 1. The summed E-state index contributed by atoms with van der Waals surface area (Å²) in [4.78, 5) is 12.4. The SMILES string of the molecule is Cn1ccc(-c2nnc(SCC(=O)Nc3ccc(F)c(Cl)c3)n2C[C@@H]2CCCO2)n1. The van der Waals surface area contributed by atoms with Gasteiger partial charge in [-0.25, -0.2) is 4.39 Å². The number of hydrogen-bond donors (Lipinski definition) is 1. The fourth-order valence-corrected chi connectivity index (χ4v) is 4.11. The van der Waals surface area contributed by atoms with Gasteiger partial charge in [-0.15, -0.1) is 10.2 Å². The first-order valence-corrected chi connectivity index (χ1v) is 10.8. The zero-order valence-electron chi connectivity index (χ0n) is 16.2. The Bertz CT molecular complexity index is 1050. The average molecular weight is 451 g/mol. The van der Waals surface area contributed by atoms with Crippen molar-refractivity contribution in [3.63, 3.8) is 0 Å². The standard InChI is InChI=1S/C19H20ClFN6O2S/c1-26-7-6-16(25-26)18-23-24-19(27(18)10-13-3-2-8-29-13)30-11-17(28)22-12-4-5-15(21)14(20)9-12/h4-7,9,13H,2-3,8,10-11H2,1H3,(H,22,28)/t13-/m0/s1. The van der Waals surface area contributed by atoms with Crippen LogP contribution < -0.4 is 5.32 Å². The summed E-state index contributed by atoms with van der Waals surface area (Å²) in [5.74, 6) is -0.0395. The Morgan fingerprint density at radius 3 is 2.97 bits per heavy atom. The molecule has 0 unspecified atom stereocenters. The number of nitrogens with zero attached hydrogens (tertiary/aromatic N) is 5. The minimum atomic E-state index is -0.534. The second kappa shape index (κ2) is 9.15. The van der Waals surface area contributed by atoms with Crippen LogP contribution in [-0.4, -0.2) is 48.9 Å². The highest BCUT2D eigenvalue weighted by Gasteiger charge is 2.23. The van der Waals surface area contributed by atoms with E-state index < -0.39 is 5.82 Å². The topological polar surface area (TPSA) is 86.9 Å². The second-order valence-electron chi connectivity index (χ2n) is 6.89. The molecule has 1 aliphatic heterocycles. The molecule has 4 rings (SSSR count). The van der Waals surface area contributed by atoms with Crippen molar-refractivity contribution < 1.29 is 13.9 Å². The highest BCUT2D eigenvalue weighted by Crippen LogP contribution is 2.26. The van der Waals surface area contributed by atoms with Gasteiger partial charge in [-0.3, -0.25) is 14.0 Å². The van der Waals surface area contributed by atoms with Crippen LogP contribution in [0, 0.1) is 5.82 Å². The van der Waals surface area contributed by atoms with Crippen LogP contribution in [0.25, 0.3) is 11.5 Å². The zero-order chi connectivity index (χ0) is 21.1. The number of anilines is 1. The molecule has 0 saturated carbocycles. The normalized spacial score (nSPS) is 16.2. The van der Waals surface area contributed by atoms with Crippen LogP contribution in [0.4, 0.5) is 10.1 Å². The number of thioether (sulfide) groups is 1. The van der Waals surface area contributed by atoms with Crippen LogP contribution in [0.15, 0.2) is 35.6 Å². The van der Waals surface area contributed by atoms with Crippen molar-refractivity contribution in [1.82, 2.24) is 24.5 Å². The Morgan fingerprint density at radius 2 is 2.27 bits per heavy atom. The molecule has 0 bridgehead atoms.